The van der Waals surface area contributed by atoms with E-state index in [0.717, 1.165) is 23.4 Å². The van der Waals surface area contributed by atoms with Crippen molar-refractivity contribution >= 4 is 26.7 Å². The fraction of sp³-hybridized carbons (Fsp3) is 0.625. The summed E-state index contributed by atoms with van der Waals surface area (Å²) < 4.78 is 30.6. The number of fused-ring (bicyclic) bond motifs is 1. The molecule has 176 valence electrons. The first-order chi connectivity index (χ1) is 14.9. The Bertz CT molecular complexity index is 1130. The van der Waals surface area contributed by atoms with Crippen LogP contribution in [0.2, 0.25) is 0 Å². The van der Waals surface area contributed by atoms with E-state index in [1.165, 1.54) is 36.4 Å². The maximum Gasteiger partial charge on any atom is 0.278 e. The highest BCUT2D eigenvalue weighted by atomic mass is 32.2. The van der Waals surface area contributed by atoms with Crippen molar-refractivity contribution in [2.24, 2.45) is 5.92 Å². The zero-order chi connectivity index (χ0) is 23.3. The number of anilines is 1. The molecular weight excluding hydrogens is 422 g/mol. The molecule has 1 N–H and O–H groups in total. The SMILES string of the molecule is CN1C=CNC1(C)S(=O)(=O)N(C)c1ccc2c(c1)nc(C(C)(C)C)n2CC1CCCCC1. The Morgan fingerprint density at radius 1 is 1.22 bits per heavy atom. The first-order valence-electron chi connectivity index (χ1n) is 11.6. The van der Waals surface area contributed by atoms with Crippen LogP contribution in [0.15, 0.2) is 30.6 Å². The Morgan fingerprint density at radius 2 is 1.91 bits per heavy atom. The van der Waals surface area contributed by atoms with Gasteiger partial charge in [-0.25, -0.2) is 13.4 Å². The third-order valence-electron chi connectivity index (χ3n) is 7.12. The van der Waals surface area contributed by atoms with Gasteiger partial charge in [0.2, 0.25) is 4.99 Å². The van der Waals surface area contributed by atoms with Crippen molar-refractivity contribution in [1.29, 1.82) is 0 Å². The fourth-order valence-electron chi connectivity index (χ4n) is 4.91. The summed E-state index contributed by atoms with van der Waals surface area (Å²) in [6.45, 7) is 9.23. The second-order valence-corrected chi connectivity index (χ2v) is 12.8. The van der Waals surface area contributed by atoms with Gasteiger partial charge in [-0.2, -0.15) is 0 Å². The zero-order valence-electron chi connectivity index (χ0n) is 20.2. The van der Waals surface area contributed by atoms with Crippen molar-refractivity contribution < 1.29 is 8.42 Å². The van der Waals surface area contributed by atoms with Crippen LogP contribution in [0.4, 0.5) is 5.69 Å². The molecule has 1 aromatic heterocycles. The second-order valence-electron chi connectivity index (χ2n) is 10.5. The number of nitrogens with zero attached hydrogens (tertiary/aromatic N) is 4. The molecule has 0 radical (unpaired) electrons. The van der Waals surface area contributed by atoms with Gasteiger partial charge in [0.15, 0.2) is 0 Å². The van der Waals surface area contributed by atoms with E-state index in [-0.39, 0.29) is 5.41 Å². The van der Waals surface area contributed by atoms with Crippen LogP contribution in [0, 0.1) is 5.92 Å². The minimum atomic E-state index is -3.71. The summed E-state index contributed by atoms with van der Waals surface area (Å²) in [6, 6.07) is 5.84. The van der Waals surface area contributed by atoms with Gasteiger partial charge < -0.3 is 14.8 Å². The molecule has 2 aromatic rings. The third-order valence-corrected chi connectivity index (χ3v) is 9.46. The van der Waals surface area contributed by atoms with Crippen LogP contribution >= 0.6 is 0 Å². The van der Waals surface area contributed by atoms with Crippen molar-refractivity contribution in [3.05, 3.63) is 36.4 Å². The molecule has 1 aliphatic carbocycles. The van der Waals surface area contributed by atoms with Crippen molar-refractivity contribution in [3.63, 3.8) is 0 Å². The summed E-state index contributed by atoms with van der Waals surface area (Å²) in [4.78, 5) is 5.45. The number of sulfonamides is 1. The molecule has 1 aliphatic heterocycles. The lowest BCUT2D eigenvalue weighted by Crippen LogP contribution is -2.58. The Balaban J connectivity index is 1.73. The largest absolute Gasteiger partial charge is 0.354 e. The van der Waals surface area contributed by atoms with E-state index in [1.54, 1.807) is 38.3 Å². The van der Waals surface area contributed by atoms with Gasteiger partial charge in [0.25, 0.3) is 10.0 Å². The number of benzene rings is 1. The van der Waals surface area contributed by atoms with Crippen molar-refractivity contribution in [2.45, 2.75) is 76.8 Å². The monoisotopic (exact) mass is 459 g/mol. The number of nitrogens with one attached hydrogen (secondary N) is 1. The summed E-state index contributed by atoms with van der Waals surface area (Å²) in [5.41, 5.74) is 2.45. The summed E-state index contributed by atoms with van der Waals surface area (Å²) in [5, 5.41) is 2.99. The van der Waals surface area contributed by atoms with Crippen LogP contribution in [0.5, 0.6) is 0 Å². The molecule has 0 saturated heterocycles. The second kappa shape index (κ2) is 7.97. The topological polar surface area (TPSA) is 70.5 Å². The predicted octanol–water partition coefficient (Wildman–Crippen LogP) is 4.36. The zero-order valence-corrected chi connectivity index (χ0v) is 21.0. The van der Waals surface area contributed by atoms with Gasteiger partial charge in [0.1, 0.15) is 5.82 Å². The van der Waals surface area contributed by atoms with Crippen LogP contribution in [0.3, 0.4) is 0 Å². The smallest absolute Gasteiger partial charge is 0.278 e. The molecule has 0 amide bonds. The quantitative estimate of drug-likeness (QED) is 0.719. The molecule has 0 bridgehead atoms. The average molecular weight is 460 g/mol. The molecule has 4 rings (SSSR count). The fourth-order valence-corrected chi connectivity index (χ4v) is 6.48. The highest BCUT2D eigenvalue weighted by Gasteiger charge is 2.46. The Hall–Kier alpha value is -2.22. The summed E-state index contributed by atoms with van der Waals surface area (Å²) in [5.74, 6) is 1.75. The van der Waals surface area contributed by atoms with E-state index < -0.39 is 15.0 Å². The van der Waals surface area contributed by atoms with Gasteiger partial charge >= 0.3 is 0 Å². The van der Waals surface area contributed by atoms with E-state index in [9.17, 15) is 8.42 Å². The number of hydrogen-bond donors (Lipinski definition) is 1. The number of imidazole rings is 1. The first-order valence-corrected chi connectivity index (χ1v) is 13.1. The van der Waals surface area contributed by atoms with Gasteiger partial charge in [0.05, 0.1) is 16.7 Å². The van der Waals surface area contributed by atoms with Crippen LogP contribution < -0.4 is 9.62 Å². The molecule has 0 spiro atoms. The molecule has 2 heterocycles. The van der Waals surface area contributed by atoms with Gasteiger partial charge in [0, 0.05) is 38.5 Å². The minimum Gasteiger partial charge on any atom is -0.354 e. The molecule has 1 atom stereocenters. The number of rotatable bonds is 5. The molecule has 8 heteroatoms. The Kier molecular flexibility index (Phi) is 5.72. The summed E-state index contributed by atoms with van der Waals surface area (Å²) in [6.07, 6.45) is 9.91. The van der Waals surface area contributed by atoms with E-state index in [0.29, 0.717) is 11.6 Å². The van der Waals surface area contributed by atoms with Crippen molar-refractivity contribution in [2.75, 3.05) is 18.4 Å². The Morgan fingerprint density at radius 3 is 2.50 bits per heavy atom. The van der Waals surface area contributed by atoms with Gasteiger partial charge in [-0.3, -0.25) is 4.31 Å². The van der Waals surface area contributed by atoms with Gasteiger partial charge in [-0.05, 0) is 43.9 Å². The maximum absolute atomic E-state index is 13.5. The third kappa shape index (κ3) is 3.76. The molecule has 7 nitrogen and oxygen atoms in total. The maximum atomic E-state index is 13.5. The lowest BCUT2D eigenvalue weighted by atomic mass is 9.88. The van der Waals surface area contributed by atoms with Gasteiger partial charge in [-0.1, -0.05) is 40.0 Å². The molecule has 1 aromatic carbocycles. The van der Waals surface area contributed by atoms with E-state index >= 15 is 0 Å². The first kappa shape index (κ1) is 23.0. The number of aromatic nitrogens is 2. The van der Waals surface area contributed by atoms with Crippen LogP contribution in [0.1, 0.15) is 65.6 Å². The Labute approximate surface area is 192 Å². The lowest BCUT2D eigenvalue weighted by Gasteiger charge is -2.36. The standard InChI is InChI=1S/C24H37N5O2S/c1-23(2,3)22-26-20-16-19(28(6)32(30,31)24(4)25-14-15-27(24)5)12-13-21(20)29(22)17-18-10-8-7-9-11-18/h12-16,18,25H,7-11,17H2,1-6H3. The molecule has 32 heavy (non-hydrogen) atoms. The molecule has 1 fully saturated rings. The lowest BCUT2D eigenvalue weighted by molar-refractivity contribution is 0.292. The molecule has 1 saturated carbocycles. The molecular formula is C24H37N5O2S. The molecule has 2 aliphatic rings. The highest BCUT2D eigenvalue weighted by molar-refractivity contribution is 7.94. The van der Waals surface area contributed by atoms with Crippen LogP contribution in [-0.2, 0) is 22.0 Å². The van der Waals surface area contributed by atoms with Crippen LogP contribution in [-0.4, -0.2) is 42.0 Å². The minimum absolute atomic E-state index is 0.0958. The van der Waals surface area contributed by atoms with Crippen molar-refractivity contribution in [3.8, 4) is 0 Å². The summed E-state index contributed by atoms with van der Waals surface area (Å²) >= 11 is 0. The van der Waals surface area contributed by atoms with Crippen LogP contribution in [0.25, 0.3) is 11.0 Å². The number of hydrogen-bond acceptors (Lipinski definition) is 5. The summed E-state index contributed by atoms with van der Waals surface area (Å²) in [7, 11) is -0.345. The van der Waals surface area contributed by atoms with E-state index in [2.05, 4.69) is 30.7 Å². The van der Waals surface area contributed by atoms with E-state index in [1.807, 2.05) is 18.2 Å². The van der Waals surface area contributed by atoms with E-state index in [4.69, 9.17) is 4.98 Å². The average Bonchev–Trinajstić information content (AvgIpc) is 3.28. The normalized spacial score (nSPS) is 22.5. The highest BCUT2D eigenvalue weighted by Crippen LogP contribution is 2.34. The molecule has 1 unspecified atom stereocenters. The van der Waals surface area contributed by atoms with Gasteiger partial charge in [-0.15, -0.1) is 0 Å². The predicted molar refractivity (Wildman–Crippen MR) is 131 cm³/mol. The van der Waals surface area contributed by atoms with Crippen molar-refractivity contribution in [1.82, 2.24) is 19.8 Å².